The molecule has 2 atom stereocenters. The van der Waals surface area contributed by atoms with Gasteiger partial charge >= 0.3 is 0 Å². The van der Waals surface area contributed by atoms with Crippen LogP contribution in [0.15, 0.2) is 0 Å². The summed E-state index contributed by atoms with van der Waals surface area (Å²) in [5.74, 6) is 2.85. The Bertz CT molecular complexity index is 190. The smallest absolute Gasteiger partial charge is 0.00708 e. The lowest BCUT2D eigenvalue weighted by molar-refractivity contribution is 0.190. The molecule has 1 nitrogen and oxygen atoms in total. The van der Waals surface area contributed by atoms with Crippen molar-refractivity contribution in [2.45, 2.75) is 71.4 Å². The van der Waals surface area contributed by atoms with E-state index in [1.807, 2.05) is 0 Å². The second-order valence-corrected chi connectivity index (χ2v) is 6.11. The van der Waals surface area contributed by atoms with Gasteiger partial charge in [-0.25, -0.2) is 0 Å². The van der Waals surface area contributed by atoms with E-state index in [-0.39, 0.29) is 0 Å². The zero-order chi connectivity index (χ0) is 10.8. The first-order valence-electron chi connectivity index (χ1n) is 6.93. The predicted molar refractivity (Wildman–Crippen MR) is 65.9 cm³/mol. The summed E-state index contributed by atoms with van der Waals surface area (Å²) < 4.78 is 0. The van der Waals surface area contributed by atoms with Gasteiger partial charge in [0, 0.05) is 12.1 Å². The minimum atomic E-state index is 0.732. The molecule has 0 aromatic heterocycles. The molecular formula is C14H27N. The van der Waals surface area contributed by atoms with E-state index in [0.717, 1.165) is 29.8 Å². The normalized spacial score (nSPS) is 36.2. The molecule has 0 spiro atoms. The van der Waals surface area contributed by atoms with E-state index in [9.17, 15) is 0 Å². The number of rotatable bonds is 4. The van der Waals surface area contributed by atoms with E-state index in [1.54, 1.807) is 0 Å². The first-order valence-corrected chi connectivity index (χ1v) is 6.93. The molecule has 0 heterocycles. The zero-order valence-electron chi connectivity index (χ0n) is 10.6. The van der Waals surface area contributed by atoms with Crippen molar-refractivity contribution in [3.05, 3.63) is 0 Å². The van der Waals surface area contributed by atoms with Gasteiger partial charge in [0.15, 0.2) is 0 Å². The van der Waals surface area contributed by atoms with Crippen LogP contribution in [0.1, 0.15) is 59.3 Å². The molecule has 0 bridgehead atoms. The van der Waals surface area contributed by atoms with Crippen molar-refractivity contribution < 1.29 is 0 Å². The quantitative estimate of drug-likeness (QED) is 0.746. The van der Waals surface area contributed by atoms with Gasteiger partial charge in [0.1, 0.15) is 0 Å². The molecule has 2 saturated carbocycles. The Morgan fingerprint density at radius 1 is 0.933 bits per heavy atom. The minimum absolute atomic E-state index is 0.732. The van der Waals surface area contributed by atoms with E-state index in [0.29, 0.717) is 0 Å². The standard InChI is InChI=1S/C14H27N/c1-10-4-6-13(7-5-10)11(2)12(3)15-14-8-9-14/h10-15H,4-9H2,1-3H3. The van der Waals surface area contributed by atoms with Crippen LogP contribution in [0.25, 0.3) is 0 Å². The summed E-state index contributed by atoms with van der Waals surface area (Å²) in [6.07, 6.45) is 8.70. The van der Waals surface area contributed by atoms with E-state index in [4.69, 9.17) is 0 Å². The summed E-state index contributed by atoms with van der Waals surface area (Å²) in [7, 11) is 0. The van der Waals surface area contributed by atoms with Crippen LogP contribution in [0.2, 0.25) is 0 Å². The van der Waals surface area contributed by atoms with Crippen LogP contribution in [-0.4, -0.2) is 12.1 Å². The summed E-state index contributed by atoms with van der Waals surface area (Å²) in [6, 6.07) is 1.60. The van der Waals surface area contributed by atoms with Gasteiger partial charge in [0.25, 0.3) is 0 Å². The van der Waals surface area contributed by atoms with Crippen LogP contribution in [0.5, 0.6) is 0 Å². The molecule has 0 amide bonds. The summed E-state index contributed by atoms with van der Waals surface area (Å²) in [5.41, 5.74) is 0. The Labute approximate surface area is 95.0 Å². The first kappa shape index (κ1) is 11.4. The van der Waals surface area contributed by atoms with Gasteiger partial charge in [-0.2, -0.15) is 0 Å². The fourth-order valence-electron chi connectivity index (χ4n) is 2.99. The third-order valence-electron chi connectivity index (χ3n) is 4.67. The van der Waals surface area contributed by atoms with Gasteiger partial charge in [-0.05, 0) is 50.4 Å². The zero-order valence-corrected chi connectivity index (χ0v) is 10.6. The van der Waals surface area contributed by atoms with Crippen molar-refractivity contribution in [3.63, 3.8) is 0 Å². The molecule has 0 aromatic rings. The summed E-state index contributed by atoms with van der Waals surface area (Å²) in [5, 5.41) is 3.76. The van der Waals surface area contributed by atoms with Gasteiger partial charge in [-0.15, -0.1) is 0 Å². The van der Waals surface area contributed by atoms with Crippen LogP contribution in [-0.2, 0) is 0 Å². The van der Waals surface area contributed by atoms with E-state index >= 15 is 0 Å². The maximum Gasteiger partial charge on any atom is 0.00708 e. The highest BCUT2D eigenvalue weighted by molar-refractivity contribution is 4.87. The highest BCUT2D eigenvalue weighted by Crippen LogP contribution is 2.35. The molecule has 2 aliphatic rings. The Balaban J connectivity index is 1.75. The SMILES string of the molecule is CC1CCC(C(C)C(C)NC2CC2)CC1. The van der Waals surface area contributed by atoms with Crippen LogP contribution >= 0.6 is 0 Å². The predicted octanol–water partition coefficient (Wildman–Crippen LogP) is 3.59. The van der Waals surface area contributed by atoms with Crippen molar-refractivity contribution in [2.24, 2.45) is 17.8 Å². The van der Waals surface area contributed by atoms with Crippen molar-refractivity contribution in [3.8, 4) is 0 Å². The second kappa shape index (κ2) is 4.86. The van der Waals surface area contributed by atoms with Crippen molar-refractivity contribution in [2.75, 3.05) is 0 Å². The molecule has 2 aliphatic carbocycles. The van der Waals surface area contributed by atoms with Crippen LogP contribution in [0.4, 0.5) is 0 Å². The average molecular weight is 209 g/mol. The second-order valence-electron chi connectivity index (χ2n) is 6.11. The molecule has 0 aromatic carbocycles. The van der Waals surface area contributed by atoms with Crippen LogP contribution in [0.3, 0.4) is 0 Å². The van der Waals surface area contributed by atoms with Gasteiger partial charge in [-0.3, -0.25) is 0 Å². The lowest BCUT2D eigenvalue weighted by atomic mass is 9.75. The van der Waals surface area contributed by atoms with Crippen LogP contribution < -0.4 is 5.32 Å². The van der Waals surface area contributed by atoms with Crippen molar-refractivity contribution in [1.82, 2.24) is 5.32 Å². The topological polar surface area (TPSA) is 12.0 Å². The molecule has 1 heteroatoms. The molecule has 2 unspecified atom stereocenters. The summed E-state index contributed by atoms with van der Waals surface area (Å²) in [6.45, 7) is 7.26. The van der Waals surface area contributed by atoms with Gasteiger partial charge in [-0.1, -0.05) is 26.7 Å². The highest BCUT2D eigenvalue weighted by atomic mass is 15.0. The van der Waals surface area contributed by atoms with Crippen molar-refractivity contribution >= 4 is 0 Å². The fraction of sp³-hybridized carbons (Fsp3) is 1.00. The highest BCUT2D eigenvalue weighted by Gasteiger charge is 2.30. The molecule has 2 rings (SSSR count). The fourth-order valence-corrected chi connectivity index (χ4v) is 2.99. The van der Waals surface area contributed by atoms with Gasteiger partial charge < -0.3 is 5.32 Å². The Kier molecular flexibility index (Phi) is 3.71. The monoisotopic (exact) mass is 209 g/mol. The maximum atomic E-state index is 3.76. The third-order valence-corrected chi connectivity index (χ3v) is 4.67. The third kappa shape index (κ3) is 3.21. The lowest BCUT2D eigenvalue weighted by Gasteiger charge is -2.34. The minimum Gasteiger partial charge on any atom is -0.311 e. The number of hydrogen-bond donors (Lipinski definition) is 1. The molecule has 15 heavy (non-hydrogen) atoms. The molecular weight excluding hydrogens is 182 g/mol. The Morgan fingerprint density at radius 3 is 2.07 bits per heavy atom. The largest absolute Gasteiger partial charge is 0.311 e. The van der Waals surface area contributed by atoms with Gasteiger partial charge in [0.2, 0.25) is 0 Å². The van der Waals surface area contributed by atoms with E-state index in [1.165, 1.54) is 38.5 Å². The lowest BCUT2D eigenvalue weighted by Crippen LogP contribution is -2.38. The Morgan fingerprint density at radius 2 is 1.53 bits per heavy atom. The average Bonchev–Trinajstić information content (AvgIpc) is 3.02. The molecule has 0 aliphatic heterocycles. The molecule has 2 fully saturated rings. The van der Waals surface area contributed by atoms with E-state index in [2.05, 4.69) is 26.1 Å². The molecule has 1 N–H and O–H groups in total. The molecule has 0 saturated heterocycles. The molecule has 0 radical (unpaired) electrons. The van der Waals surface area contributed by atoms with Gasteiger partial charge in [0.05, 0.1) is 0 Å². The Hall–Kier alpha value is -0.0400. The summed E-state index contributed by atoms with van der Waals surface area (Å²) >= 11 is 0. The molecule has 88 valence electrons. The number of hydrogen-bond acceptors (Lipinski definition) is 1. The van der Waals surface area contributed by atoms with Crippen LogP contribution in [0, 0.1) is 17.8 Å². The maximum absolute atomic E-state index is 3.76. The number of nitrogens with one attached hydrogen (secondary N) is 1. The van der Waals surface area contributed by atoms with Crippen molar-refractivity contribution in [1.29, 1.82) is 0 Å². The summed E-state index contributed by atoms with van der Waals surface area (Å²) in [4.78, 5) is 0. The first-order chi connectivity index (χ1) is 7.16. The van der Waals surface area contributed by atoms with E-state index < -0.39 is 0 Å².